The molecule has 4 heteroatoms. The minimum absolute atomic E-state index is 0.0688. The molecule has 0 fully saturated rings. The summed E-state index contributed by atoms with van der Waals surface area (Å²) >= 11 is 0. The van der Waals surface area contributed by atoms with Gasteiger partial charge in [-0.05, 0) is 29.7 Å². The number of benzene rings is 3. The SMILES string of the molecule is COc1cc2c(cc1OCc1ccccc1)C(C(=O)c1ccccc1)=NCC2. The van der Waals surface area contributed by atoms with Crippen molar-refractivity contribution in [1.29, 1.82) is 0 Å². The van der Waals surface area contributed by atoms with Gasteiger partial charge in [0, 0.05) is 17.7 Å². The fraction of sp³-hybridized carbons (Fsp3) is 0.167. The van der Waals surface area contributed by atoms with Crippen molar-refractivity contribution >= 4 is 11.5 Å². The summed E-state index contributed by atoms with van der Waals surface area (Å²) in [4.78, 5) is 17.5. The van der Waals surface area contributed by atoms with E-state index in [0.29, 0.717) is 35.9 Å². The van der Waals surface area contributed by atoms with Crippen LogP contribution in [0.3, 0.4) is 0 Å². The molecule has 0 radical (unpaired) electrons. The van der Waals surface area contributed by atoms with Crippen molar-refractivity contribution in [2.24, 2.45) is 4.99 Å². The Balaban J connectivity index is 1.67. The predicted molar refractivity (Wildman–Crippen MR) is 110 cm³/mol. The van der Waals surface area contributed by atoms with Crippen LogP contribution in [0.25, 0.3) is 0 Å². The van der Waals surface area contributed by atoms with Crippen LogP contribution < -0.4 is 9.47 Å². The molecule has 0 aromatic heterocycles. The van der Waals surface area contributed by atoms with Crippen LogP contribution in [0.4, 0.5) is 0 Å². The molecule has 3 aromatic carbocycles. The van der Waals surface area contributed by atoms with Crippen molar-refractivity contribution in [3.8, 4) is 11.5 Å². The Morgan fingerprint density at radius 2 is 1.68 bits per heavy atom. The Morgan fingerprint density at radius 1 is 0.964 bits per heavy atom. The quantitative estimate of drug-likeness (QED) is 0.599. The Kier molecular flexibility index (Phi) is 5.20. The second-order valence-electron chi connectivity index (χ2n) is 6.61. The van der Waals surface area contributed by atoms with Crippen molar-refractivity contribution < 1.29 is 14.3 Å². The lowest BCUT2D eigenvalue weighted by Gasteiger charge is -2.20. The van der Waals surface area contributed by atoms with Crippen molar-refractivity contribution in [1.82, 2.24) is 0 Å². The second-order valence-corrected chi connectivity index (χ2v) is 6.61. The maximum Gasteiger partial charge on any atom is 0.211 e. The molecule has 0 bridgehead atoms. The lowest BCUT2D eigenvalue weighted by molar-refractivity contribution is 0.106. The van der Waals surface area contributed by atoms with E-state index in [9.17, 15) is 4.79 Å². The summed E-state index contributed by atoms with van der Waals surface area (Å²) in [6.07, 6.45) is 0.774. The smallest absolute Gasteiger partial charge is 0.211 e. The van der Waals surface area contributed by atoms with E-state index < -0.39 is 0 Å². The molecule has 140 valence electrons. The number of methoxy groups -OCH3 is 1. The molecule has 0 saturated heterocycles. The molecule has 0 unspecified atom stereocenters. The zero-order valence-corrected chi connectivity index (χ0v) is 15.7. The van der Waals surface area contributed by atoms with Gasteiger partial charge in [0.2, 0.25) is 5.78 Å². The molecule has 0 amide bonds. The first-order valence-corrected chi connectivity index (χ1v) is 9.28. The number of carbonyl (C=O) groups is 1. The molecule has 4 rings (SSSR count). The third-order valence-corrected chi connectivity index (χ3v) is 4.78. The molecule has 0 N–H and O–H groups in total. The van der Waals surface area contributed by atoms with Crippen molar-refractivity contribution in [3.63, 3.8) is 0 Å². The summed E-state index contributed by atoms with van der Waals surface area (Å²) in [6.45, 7) is 1.02. The summed E-state index contributed by atoms with van der Waals surface area (Å²) in [5, 5.41) is 0. The monoisotopic (exact) mass is 371 g/mol. The fourth-order valence-corrected chi connectivity index (χ4v) is 3.33. The maximum atomic E-state index is 13.0. The molecule has 0 saturated carbocycles. The largest absolute Gasteiger partial charge is 0.493 e. The molecule has 0 atom stereocenters. The van der Waals surface area contributed by atoms with Gasteiger partial charge in [-0.1, -0.05) is 60.7 Å². The Hall–Kier alpha value is -3.40. The lowest BCUT2D eigenvalue weighted by atomic mass is 9.92. The van der Waals surface area contributed by atoms with Gasteiger partial charge < -0.3 is 9.47 Å². The van der Waals surface area contributed by atoms with Crippen LogP contribution in [0.1, 0.15) is 27.0 Å². The maximum absolute atomic E-state index is 13.0. The molecular formula is C24H21NO3. The van der Waals surface area contributed by atoms with Crippen LogP contribution in [0.15, 0.2) is 77.8 Å². The van der Waals surface area contributed by atoms with E-state index in [1.54, 1.807) is 7.11 Å². The number of aliphatic imine (C=N–C) groups is 1. The molecule has 28 heavy (non-hydrogen) atoms. The highest BCUT2D eigenvalue weighted by Gasteiger charge is 2.24. The van der Waals surface area contributed by atoms with Gasteiger partial charge in [0.1, 0.15) is 12.3 Å². The first-order valence-electron chi connectivity index (χ1n) is 9.28. The average Bonchev–Trinajstić information content (AvgIpc) is 2.77. The second kappa shape index (κ2) is 8.09. The molecule has 0 spiro atoms. The van der Waals surface area contributed by atoms with Gasteiger partial charge in [-0.3, -0.25) is 9.79 Å². The lowest BCUT2D eigenvalue weighted by Crippen LogP contribution is -2.22. The Bertz CT molecular complexity index is 1010. The number of hydrogen-bond acceptors (Lipinski definition) is 4. The Morgan fingerprint density at radius 3 is 2.39 bits per heavy atom. The minimum Gasteiger partial charge on any atom is -0.493 e. The number of nitrogens with zero attached hydrogens (tertiary/aromatic N) is 1. The van der Waals surface area contributed by atoms with E-state index in [-0.39, 0.29) is 5.78 Å². The fourth-order valence-electron chi connectivity index (χ4n) is 3.33. The zero-order chi connectivity index (χ0) is 19.3. The van der Waals surface area contributed by atoms with Crippen LogP contribution in [-0.2, 0) is 13.0 Å². The van der Waals surface area contributed by atoms with Crippen molar-refractivity contribution in [2.45, 2.75) is 13.0 Å². The van der Waals surface area contributed by atoms with Crippen molar-refractivity contribution in [3.05, 3.63) is 95.1 Å². The number of hydrogen-bond donors (Lipinski definition) is 0. The van der Waals surface area contributed by atoms with Gasteiger partial charge >= 0.3 is 0 Å². The average molecular weight is 371 g/mol. The predicted octanol–water partition coefficient (Wildman–Crippen LogP) is 4.50. The van der Waals surface area contributed by atoms with E-state index in [0.717, 1.165) is 23.1 Å². The number of rotatable bonds is 6. The van der Waals surface area contributed by atoms with Gasteiger partial charge in [-0.2, -0.15) is 0 Å². The van der Waals surface area contributed by atoms with Gasteiger partial charge in [0.15, 0.2) is 11.5 Å². The van der Waals surface area contributed by atoms with E-state index in [4.69, 9.17) is 9.47 Å². The van der Waals surface area contributed by atoms with E-state index in [1.807, 2.05) is 72.8 Å². The summed E-state index contributed by atoms with van der Waals surface area (Å²) < 4.78 is 11.6. The molecule has 1 aliphatic rings. The van der Waals surface area contributed by atoms with Crippen molar-refractivity contribution in [2.75, 3.05) is 13.7 Å². The topological polar surface area (TPSA) is 47.9 Å². The van der Waals surface area contributed by atoms with Crippen LogP contribution in [-0.4, -0.2) is 25.1 Å². The Labute approximate surface area is 164 Å². The summed E-state index contributed by atoms with van der Waals surface area (Å²) in [5.41, 5.74) is 4.06. The number of carbonyl (C=O) groups excluding carboxylic acids is 1. The molecule has 0 aliphatic carbocycles. The number of ether oxygens (including phenoxy) is 2. The third-order valence-electron chi connectivity index (χ3n) is 4.78. The highest BCUT2D eigenvalue weighted by atomic mass is 16.5. The zero-order valence-electron chi connectivity index (χ0n) is 15.7. The van der Waals surface area contributed by atoms with Gasteiger partial charge in [0.05, 0.1) is 7.11 Å². The van der Waals surface area contributed by atoms with Crippen LogP contribution in [0.5, 0.6) is 11.5 Å². The van der Waals surface area contributed by atoms with Gasteiger partial charge in [-0.25, -0.2) is 0 Å². The van der Waals surface area contributed by atoms with E-state index in [1.165, 1.54) is 0 Å². The third kappa shape index (κ3) is 3.67. The van der Waals surface area contributed by atoms with Crippen LogP contribution >= 0.6 is 0 Å². The van der Waals surface area contributed by atoms with Crippen LogP contribution in [0.2, 0.25) is 0 Å². The molecular weight excluding hydrogens is 350 g/mol. The first-order chi connectivity index (χ1) is 13.8. The number of fused-ring (bicyclic) bond motifs is 1. The molecule has 3 aromatic rings. The van der Waals surface area contributed by atoms with Gasteiger partial charge in [0.25, 0.3) is 0 Å². The number of ketones is 1. The molecule has 1 heterocycles. The van der Waals surface area contributed by atoms with Crippen LogP contribution in [0, 0.1) is 0 Å². The highest BCUT2D eigenvalue weighted by molar-refractivity contribution is 6.51. The first kappa shape index (κ1) is 18.0. The summed E-state index contributed by atoms with van der Waals surface area (Å²) in [7, 11) is 1.63. The van der Waals surface area contributed by atoms with E-state index >= 15 is 0 Å². The standard InChI is InChI=1S/C24H21NO3/c1-27-21-14-19-12-13-25-23(24(26)18-10-6-3-7-11-18)20(19)15-22(21)28-16-17-8-4-2-5-9-17/h2-11,14-15H,12-13,16H2,1H3. The normalized spacial score (nSPS) is 12.7. The number of Topliss-reactive ketones (excluding diaryl/α,β-unsaturated/α-hetero) is 1. The summed E-state index contributed by atoms with van der Waals surface area (Å²) in [5.74, 6) is 1.21. The highest BCUT2D eigenvalue weighted by Crippen LogP contribution is 2.34. The summed E-state index contributed by atoms with van der Waals surface area (Å²) in [6, 6.07) is 23.0. The minimum atomic E-state index is -0.0688. The molecule has 1 aliphatic heterocycles. The van der Waals surface area contributed by atoms with Gasteiger partial charge in [-0.15, -0.1) is 0 Å². The van der Waals surface area contributed by atoms with E-state index in [2.05, 4.69) is 4.99 Å². The molecule has 4 nitrogen and oxygen atoms in total.